The molecule has 0 radical (unpaired) electrons. The Hall–Kier alpha value is -0.570. The van der Waals surface area contributed by atoms with E-state index in [4.69, 9.17) is 11.6 Å². The second kappa shape index (κ2) is 6.05. The molecule has 1 fully saturated rings. The standard InChI is InChI=1S/C15H23ClN2/c1-4-18-8-7-12(10-17-3)15(18)14-6-5-13(16)9-11(14)2/h5-6,9,12,15,17H,4,7-8,10H2,1-3H3. The molecule has 0 aliphatic carbocycles. The number of benzene rings is 1. The minimum absolute atomic E-state index is 0.541. The van der Waals surface area contributed by atoms with E-state index < -0.39 is 0 Å². The molecule has 0 aromatic heterocycles. The largest absolute Gasteiger partial charge is 0.319 e. The summed E-state index contributed by atoms with van der Waals surface area (Å²) in [5, 5.41) is 4.17. The summed E-state index contributed by atoms with van der Waals surface area (Å²) >= 11 is 6.07. The average Bonchev–Trinajstić information content (AvgIpc) is 2.73. The average molecular weight is 267 g/mol. The minimum Gasteiger partial charge on any atom is -0.319 e. The van der Waals surface area contributed by atoms with Crippen LogP contribution >= 0.6 is 11.6 Å². The highest BCUT2D eigenvalue weighted by molar-refractivity contribution is 6.30. The Morgan fingerprint density at radius 1 is 1.44 bits per heavy atom. The number of nitrogens with one attached hydrogen (secondary N) is 1. The third-order valence-electron chi connectivity index (χ3n) is 4.05. The number of nitrogens with zero attached hydrogens (tertiary/aromatic N) is 1. The van der Waals surface area contributed by atoms with Crippen LogP contribution < -0.4 is 5.32 Å². The van der Waals surface area contributed by atoms with Crippen LogP contribution in [-0.4, -0.2) is 31.6 Å². The molecule has 2 unspecified atom stereocenters. The molecular formula is C15H23ClN2. The lowest BCUT2D eigenvalue weighted by Crippen LogP contribution is -2.29. The molecule has 0 amide bonds. The van der Waals surface area contributed by atoms with Crippen LogP contribution in [0.2, 0.25) is 5.02 Å². The van der Waals surface area contributed by atoms with Gasteiger partial charge in [0.15, 0.2) is 0 Å². The van der Waals surface area contributed by atoms with Crippen LogP contribution in [0.15, 0.2) is 18.2 Å². The summed E-state index contributed by atoms with van der Waals surface area (Å²) in [6.07, 6.45) is 1.28. The number of hydrogen-bond donors (Lipinski definition) is 1. The van der Waals surface area contributed by atoms with Crippen molar-refractivity contribution in [3.8, 4) is 0 Å². The zero-order valence-corrected chi connectivity index (χ0v) is 12.3. The van der Waals surface area contributed by atoms with Gasteiger partial charge in [-0.25, -0.2) is 0 Å². The van der Waals surface area contributed by atoms with E-state index in [1.165, 1.54) is 24.1 Å². The first kappa shape index (κ1) is 13.9. The third kappa shape index (κ3) is 2.71. The van der Waals surface area contributed by atoms with Crippen molar-refractivity contribution in [2.24, 2.45) is 5.92 Å². The number of hydrogen-bond acceptors (Lipinski definition) is 2. The van der Waals surface area contributed by atoms with Gasteiger partial charge in [0.05, 0.1) is 0 Å². The molecule has 1 heterocycles. The summed E-state index contributed by atoms with van der Waals surface area (Å²) in [6, 6.07) is 6.85. The van der Waals surface area contributed by atoms with E-state index >= 15 is 0 Å². The van der Waals surface area contributed by atoms with E-state index in [1.54, 1.807) is 0 Å². The van der Waals surface area contributed by atoms with Crippen molar-refractivity contribution in [2.45, 2.75) is 26.3 Å². The summed E-state index contributed by atoms with van der Waals surface area (Å²) in [5.41, 5.74) is 2.76. The van der Waals surface area contributed by atoms with Crippen molar-refractivity contribution < 1.29 is 0 Å². The first-order valence-electron chi connectivity index (χ1n) is 6.82. The van der Waals surface area contributed by atoms with E-state index in [2.05, 4.69) is 36.2 Å². The molecule has 2 rings (SSSR count). The second-order valence-corrected chi connectivity index (χ2v) is 5.62. The Kier molecular flexibility index (Phi) is 4.66. The van der Waals surface area contributed by atoms with Gasteiger partial charge in [-0.1, -0.05) is 24.6 Å². The molecule has 1 N–H and O–H groups in total. The Morgan fingerprint density at radius 2 is 2.22 bits per heavy atom. The molecule has 2 nitrogen and oxygen atoms in total. The topological polar surface area (TPSA) is 15.3 Å². The van der Waals surface area contributed by atoms with E-state index in [0.29, 0.717) is 12.0 Å². The summed E-state index contributed by atoms with van der Waals surface area (Å²) in [7, 11) is 2.04. The molecule has 100 valence electrons. The Bertz CT molecular complexity index is 405. The molecule has 1 aromatic rings. The van der Waals surface area contributed by atoms with Gasteiger partial charge in [-0.05, 0) is 69.2 Å². The van der Waals surface area contributed by atoms with Crippen LogP contribution in [-0.2, 0) is 0 Å². The van der Waals surface area contributed by atoms with E-state index in [9.17, 15) is 0 Å². The van der Waals surface area contributed by atoms with Crippen LogP contribution in [0.25, 0.3) is 0 Å². The van der Waals surface area contributed by atoms with Crippen LogP contribution in [0.1, 0.15) is 30.5 Å². The first-order chi connectivity index (χ1) is 8.67. The molecule has 1 aromatic carbocycles. The van der Waals surface area contributed by atoms with Crippen molar-refractivity contribution >= 4 is 11.6 Å². The fraction of sp³-hybridized carbons (Fsp3) is 0.600. The highest BCUT2D eigenvalue weighted by atomic mass is 35.5. The zero-order valence-electron chi connectivity index (χ0n) is 11.5. The monoisotopic (exact) mass is 266 g/mol. The van der Waals surface area contributed by atoms with Crippen molar-refractivity contribution in [2.75, 3.05) is 26.7 Å². The SMILES string of the molecule is CCN1CCC(CNC)C1c1ccc(Cl)cc1C. The summed E-state index contributed by atoms with van der Waals surface area (Å²) in [6.45, 7) is 7.83. The molecule has 18 heavy (non-hydrogen) atoms. The van der Waals surface area contributed by atoms with Gasteiger partial charge < -0.3 is 5.32 Å². The predicted octanol–water partition coefficient (Wildman–Crippen LogP) is 3.25. The summed E-state index contributed by atoms with van der Waals surface area (Å²) < 4.78 is 0. The van der Waals surface area contributed by atoms with E-state index in [1.807, 2.05) is 13.1 Å². The minimum atomic E-state index is 0.541. The number of halogens is 1. The quantitative estimate of drug-likeness (QED) is 0.900. The molecule has 0 saturated carbocycles. The van der Waals surface area contributed by atoms with Gasteiger partial charge in [-0.15, -0.1) is 0 Å². The van der Waals surface area contributed by atoms with Gasteiger partial charge in [-0.2, -0.15) is 0 Å². The maximum absolute atomic E-state index is 6.07. The van der Waals surface area contributed by atoms with Gasteiger partial charge in [0.25, 0.3) is 0 Å². The highest BCUT2D eigenvalue weighted by Gasteiger charge is 2.34. The molecule has 2 atom stereocenters. The maximum Gasteiger partial charge on any atom is 0.0408 e. The summed E-state index contributed by atoms with van der Waals surface area (Å²) in [5.74, 6) is 0.704. The maximum atomic E-state index is 6.07. The van der Waals surface area contributed by atoms with Crippen molar-refractivity contribution in [1.82, 2.24) is 10.2 Å². The van der Waals surface area contributed by atoms with Gasteiger partial charge in [-0.3, -0.25) is 4.90 Å². The highest BCUT2D eigenvalue weighted by Crippen LogP contribution is 2.38. The molecule has 0 bridgehead atoms. The van der Waals surface area contributed by atoms with Crippen LogP contribution in [0.5, 0.6) is 0 Å². The smallest absolute Gasteiger partial charge is 0.0408 e. The van der Waals surface area contributed by atoms with Gasteiger partial charge >= 0.3 is 0 Å². The fourth-order valence-electron chi connectivity index (χ4n) is 3.18. The molecule has 3 heteroatoms. The second-order valence-electron chi connectivity index (χ2n) is 5.18. The fourth-order valence-corrected chi connectivity index (χ4v) is 3.41. The van der Waals surface area contributed by atoms with Crippen LogP contribution in [0.3, 0.4) is 0 Å². The first-order valence-corrected chi connectivity index (χ1v) is 7.19. The molecule has 1 aliphatic heterocycles. The normalized spacial score (nSPS) is 24.7. The van der Waals surface area contributed by atoms with Gasteiger partial charge in [0.1, 0.15) is 0 Å². The lowest BCUT2D eigenvalue weighted by Gasteiger charge is -2.29. The molecule has 1 aliphatic rings. The van der Waals surface area contributed by atoms with E-state index in [0.717, 1.165) is 18.1 Å². The van der Waals surface area contributed by atoms with Crippen molar-refractivity contribution in [3.63, 3.8) is 0 Å². The Labute approximate surface area is 115 Å². The van der Waals surface area contributed by atoms with Crippen LogP contribution in [0.4, 0.5) is 0 Å². The Balaban J connectivity index is 2.31. The van der Waals surface area contributed by atoms with E-state index in [-0.39, 0.29) is 0 Å². The molecule has 0 spiro atoms. The van der Waals surface area contributed by atoms with Crippen molar-refractivity contribution in [1.29, 1.82) is 0 Å². The van der Waals surface area contributed by atoms with Gasteiger partial charge in [0, 0.05) is 11.1 Å². The van der Waals surface area contributed by atoms with Crippen LogP contribution in [0, 0.1) is 12.8 Å². The van der Waals surface area contributed by atoms with Crippen molar-refractivity contribution in [3.05, 3.63) is 34.3 Å². The number of rotatable bonds is 4. The lowest BCUT2D eigenvalue weighted by molar-refractivity contribution is 0.237. The molecule has 1 saturated heterocycles. The number of likely N-dealkylation sites (tertiary alicyclic amines) is 1. The zero-order chi connectivity index (χ0) is 13.1. The third-order valence-corrected chi connectivity index (χ3v) is 4.29. The predicted molar refractivity (Wildman–Crippen MR) is 78.2 cm³/mol. The van der Waals surface area contributed by atoms with Gasteiger partial charge in [0.2, 0.25) is 0 Å². The summed E-state index contributed by atoms with van der Waals surface area (Å²) in [4.78, 5) is 2.58. The molecular weight excluding hydrogens is 244 g/mol. The lowest BCUT2D eigenvalue weighted by atomic mass is 9.91. The number of aryl methyl sites for hydroxylation is 1. The Morgan fingerprint density at radius 3 is 2.83 bits per heavy atom.